The average Bonchev–Trinajstić information content (AvgIpc) is 2.46. The predicted molar refractivity (Wildman–Crippen MR) is 75.0 cm³/mol. The van der Waals surface area contributed by atoms with Crippen LogP contribution in [0.5, 0.6) is 0 Å². The molecule has 0 radical (unpaired) electrons. The number of carbonyl (C=O) groups excluding carboxylic acids is 1. The number of rotatable bonds is 4. The lowest BCUT2D eigenvalue weighted by atomic mass is 9.97. The highest BCUT2D eigenvalue weighted by molar-refractivity contribution is 6.11. The van der Waals surface area contributed by atoms with Crippen molar-refractivity contribution in [3.63, 3.8) is 0 Å². The molecule has 2 aromatic carbocycles. The van der Waals surface area contributed by atoms with E-state index in [1.165, 1.54) is 6.07 Å². The minimum absolute atomic E-state index is 0.140. The van der Waals surface area contributed by atoms with Crippen LogP contribution in [0, 0.1) is 6.92 Å². The number of carbonyl (C=O) groups is 3. The van der Waals surface area contributed by atoms with Crippen molar-refractivity contribution in [2.45, 2.75) is 6.92 Å². The highest BCUT2D eigenvalue weighted by Crippen LogP contribution is 2.16. The number of aryl methyl sites for hydroxylation is 1. The maximum absolute atomic E-state index is 12.3. The van der Waals surface area contributed by atoms with Gasteiger partial charge in [0.05, 0.1) is 11.1 Å². The highest BCUT2D eigenvalue weighted by atomic mass is 16.4. The number of hydrogen-bond donors (Lipinski definition) is 2. The molecule has 0 aliphatic carbocycles. The molecule has 0 saturated carbocycles. The van der Waals surface area contributed by atoms with E-state index in [9.17, 15) is 14.4 Å². The van der Waals surface area contributed by atoms with Gasteiger partial charge in [0, 0.05) is 11.1 Å². The van der Waals surface area contributed by atoms with Crippen molar-refractivity contribution in [3.8, 4) is 0 Å². The Hall–Kier alpha value is -2.95. The zero-order valence-electron chi connectivity index (χ0n) is 11.2. The van der Waals surface area contributed by atoms with E-state index in [-0.39, 0.29) is 16.9 Å². The first-order valence-corrected chi connectivity index (χ1v) is 6.12. The van der Waals surface area contributed by atoms with E-state index in [1.807, 2.05) is 6.92 Å². The van der Waals surface area contributed by atoms with E-state index in [2.05, 4.69) is 0 Å². The first-order valence-electron chi connectivity index (χ1n) is 6.12. The molecule has 0 spiro atoms. The fourth-order valence-electron chi connectivity index (χ4n) is 1.92. The molecule has 0 saturated heterocycles. The molecule has 0 bridgehead atoms. The highest BCUT2D eigenvalue weighted by Gasteiger charge is 2.19. The monoisotopic (exact) mass is 284 g/mol. The van der Waals surface area contributed by atoms with Crippen LogP contribution in [0.3, 0.4) is 0 Å². The molecule has 0 unspecified atom stereocenters. The van der Waals surface area contributed by atoms with Crippen LogP contribution in [-0.2, 0) is 0 Å². The SMILES string of the molecule is Cc1ccc(C(=O)c2ccc(C(=O)O)c(C(=O)O)c2)cc1. The van der Waals surface area contributed by atoms with Crippen molar-refractivity contribution in [2.75, 3.05) is 0 Å². The van der Waals surface area contributed by atoms with Crippen molar-refractivity contribution in [1.82, 2.24) is 0 Å². The summed E-state index contributed by atoms with van der Waals surface area (Å²) >= 11 is 0. The van der Waals surface area contributed by atoms with Gasteiger partial charge in [-0.3, -0.25) is 4.79 Å². The summed E-state index contributed by atoms with van der Waals surface area (Å²) < 4.78 is 0. The summed E-state index contributed by atoms with van der Waals surface area (Å²) in [6.07, 6.45) is 0. The first kappa shape index (κ1) is 14.5. The van der Waals surface area contributed by atoms with Crippen LogP contribution in [0.4, 0.5) is 0 Å². The molecular weight excluding hydrogens is 272 g/mol. The number of aromatic carboxylic acids is 2. The van der Waals surface area contributed by atoms with E-state index >= 15 is 0 Å². The smallest absolute Gasteiger partial charge is 0.336 e. The molecule has 0 amide bonds. The van der Waals surface area contributed by atoms with Gasteiger partial charge in [0.2, 0.25) is 0 Å². The molecule has 0 fully saturated rings. The van der Waals surface area contributed by atoms with Crippen molar-refractivity contribution >= 4 is 17.7 Å². The van der Waals surface area contributed by atoms with Crippen molar-refractivity contribution in [2.24, 2.45) is 0 Å². The topological polar surface area (TPSA) is 91.7 Å². The standard InChI is InChI=1S/C16H12O5/c1-9-2-4-10(5-3-9)14(17)11-6-7-12(15(18)19)13(8-11)16(20)21/h2-8H,1H3,(H,18,19)(H,20,21). The van der Waals surface area contributed by atoms with Gasteiger partial charge in [-0.05, 0) is 19.1 Å². The summed E-state index contributed by atoms with van der Waals surface area (Å²) in [6, 6.07) is 10.4. The van der Waals surface area contributed by atoms with Gasteiger partial charge >= 0.3 is 11.9 Å². The Morgan fingerprint density at radius 2 is 1.29 bits per heavy atom. The summed E-state index contributed by atoms with van der Waals surface area (Å²) in [5, 5.41) is 18.0. The maximum atomic E-state index is 12.3. The van der Waals surface area contributed by atoms with Crippen molar-refractivity contribution < 1.29 is 24.6 Å². The Labute approximate surface area is 120 Å². The Morgan fingerprint density at radius 3 is 1.81 bits per heavy atom. The minimum Gasteiger partial charge on any atom is -0.478 e. The fourth-order valence-corrected chi connectivity index (χ4v) is 1.92. The molecule has 21 heavy (non-hydrogen) atoms. The Balaban J connectivity index is 2.47. The van der Waals surface area contributed by atoms with Crippen LogP contribution in [0.15, 0.2) is 42.5 Å². The fraction of sp³-hybridized carbons (Fsp3) is 0.0625. The zero-order chi connectivity index (χ0) is 15.6. The Bertz CT molecular complexity index is 729. The van der Waals surface area contributed by atoms with Crippen LogP contribution in [0.25, 0.3) is 0 Å². The second-order valence-corrected chi connectivity index (χ2v) is 4.57. The lowest BCUT2D eigenvalue weighted by molar-refractivity contribution is 0.0651. The number of hydrogen-bond acceptors (Lipinski definition) is 3. The number of carboxylic acid groups (broad SMARTS) is 2. The molecule has 2 N–H and O–H groups in total. The van der Waals surface area contributed by atoms with E-state index in [0.717, 1.165) is 17.7 Å². The summed E-state index contributed by atoms with van der Waals surface area (Å²) in [4.78, 5) is 34.3. The molecule has 0 heterocycles. The van der Waals surface area contributed by atoms with Crippen LogP contribution in [0.2, 0.25) is 0 Å². The van der Waals surface area contributed by atoms with Crippen LogP contribution in [-0.4, -0.2) is 27.9 Å². The normalized spacial score (nSPS) is 10.1. The molecule has 0 atom stereocenters. The third kappa shape index (κ3) is 2.97. The van der Waals surface area contributed by atoms with Gasteiger partial charge < -0.3 is 10.2 Å². The third-order valence-electron chi connectivity index (χ3n) is 3.06. The summed E-state index contributed by atoms with van der Waals surface area (Å²) in [7, 11) is 0. The Morgan fingerprint density at radius 1 is 0.762 bits per heavy atom. The van der Waals surface area contributed by atoms with Gasteiger partial charge in [-0.25, -0.2) is 9.59 Å². The molecule has 2 rings (SSSR count). The third-order valence-corrected chi connectivity index (χ3v) is 3.06. The number of carboxylic acids is 2. The summed E-state index contributed by atoms with van der Waals surface area (Å²) in [5.41, 5.74) is 0.809. The van der Waals surface area contributed by atoms with Gasteiger partial charge in [0.15, 0.2) is 5.78 Å². The van der Waals surface area contributed by atoms with Crippen LogP contribution >= 0.6 is 0 Å². The van der Waals surface area contributed by atoms with Gasteiger partial charge in [0.25, 0.3) is 0 Å². The maximum Gasteiger partial charge on any atom is 0.336 e. The van der Waals surface area contributed by atoms with E-state index in [4.69, 9.17) is 10.2 Å². The molecule has 5 nitrogen and oxygen atoms in total. The average molecular weight is 284 g/mol. The minimum atomic E-state index is -1.38. The van der Waals surface area contributed by atoms with Gasteiger partial charge in [-0.15, -0.1) is 0 Å². The van der Waals surface area contributed by atoms with Gasteiger partial charge in [-0.1, -0.05) is 35.9 Å². The van der Waals surface area contributed by atoms with E-state index in [1.54, 1.807) is 24.3 Å². The summed E-state index contributed by atoms with van der Waals surface area (Å²) in [5.74, 6) is -3.08. The summed E-state index contributed by atoms with van der Waals surface area (Å²) in [6.45, 7) is 1.89. The molecule has 0 aliphatic rings. The van der Waals surface area contributed by atoms with Crippen LogP contribution in [0.1, 0.15) is 42.2 Å². The molecule has 0 aromatic heterocycles. The Kier molecular flexibility index (Phi) is 3.84. The largest absolute Gasteiger partial charge is 0.478 e. The van der Waals surface area contributed by atoms with Gasteiger partial charge in [-0.2, -0.15) is 0 Å². The van der Waals surface area contributed by atoms with Crippen molar-refractivity contribution in [3.05, 3.63) is 70.3 Å². The lowest BCUT2D eigenvalue weighted by Crippen LogP contribution is -2.11. The first-order chi connectivity index (χ1) is 9.90. The molecular formula is C16H12O5. The van der Waals surface area contributed by atoms with E-state index < -0.39 is 17.5 Å². The van der Waals surface area contributed by atoms with E-state index in [0.29, 0.717) is 5.56 Å². The molecule has 5 heteroatoms. The second kappa shape index (κ2) is 5.58. The van der Waals surface area contributed by atoms with Gasteiger partial charge in [0.1, 0.15) is 0 Å². The lowest BCUT2D eigenvalue weighted by Gasteiger charge is -2.06. The number of benzene rings is 2. The molecule has 0 aliphatic heterocycles. The molecule has 106 valence electrons. The second-order valence-electron chi connectivity index (χ2n) is 4.57. The predicted octanol–water partition coefficient (Wildman–Crippen LogP) is 2.62. The van der Waals surface area contributed by atoms with Crippen molar-refractivity contribution in [1.29, 1.82) is 0 Å². The number of ketones is 1. The zero-order valence-corrected chi connectivity index (χ0v) is 11.2. The quantitative estimate of drug-likeness (QED) is 0.842. The molecule has 2 aromatic rings. The van der Waals surface area contributed by atoms with Crippen LogP contribution < -0.4 is 0 Å².